The molecule has 0 spiro atoms. The van der Waals surface area contributed by atoms with Gasteiger partial charge in [-0.1, -0.05) is 28.8 Å². The summed E-state index contributed by atoms with van der Waals surface area (Å²) < 4.78 is 6.52. The fourth-order valence-electron chi connectivity index (χ4n) is 2.82. The first-order valence-electron chi connectivity index (χ1n) is 6.78. The van der Waals surface area contributed by atoms with Crippen LogP contribution in [-0.4, -0.2) is 30.5 Å². The van der Waals surface area contributed by atoms with Gasteiger partial charge >= 0.3 is 0 Å². The normalized spacial score (nSPS) is 23.6. The van der Waals surface area contributed by atoms with Crippen LogP contribution < -0.4 is 4.74 Å². The molecule has 1 saturated carbocycles. The summed E-state index contributed by atoms with van der Waals surface area (Å²) in [6, 6.07) is 6.61. The highest BCUT2D eigenvalue weighted by atomic mass is 79.9. The minimum Gasteiger partial charge on any atom is -0.496 e. The van der Waals surface area contributed by atoms with E-state index < -0.39 is 0 Å². The number of ether oxygens (including phenoxy) is 1. The molecule has 1 fully saturated rings. The van der Waals surface area contributed by atoms with E-state index >= 15 is 0 Å². The van der Waals surface area contributed by atoms with Gasteiger partial charge in [0.1, 0.15) is 5.75 Å². The SMILES string of the molecule is COc1ccc(Br)cc1CN(C)C1CCCCC1Cl. The van der Waals surface area contributed by atoms with E-state index in [1.807, 2.05) is 12.1 Å². The van der Waals surface area contributed by atoms with Gasteiger partial charge in [-0.3, -0.25) is 4.90 Å². The molecule has 1 aliphatic carbocycles. The quantitative estimate of drug-likeness (QED) is 0.747. The van der Waals surface area contributed by atoms with Gasteiger partial charge in [-0.25, -0.2) is 0 Å². The number of alkyl halides is 1. The third-order valence-electron chi connectivity index (χ3n) is 3.88. The highest BCUT2D eigenvalue weighted by molar-refractivity contribution is 9.10. The molecular formula is C15H21BrClNO. The Labute approximate surface area is 129 Å². The van der Waals surface area contributed by atoms with Gasteiger partial charge < -0.3 is 4.74 Å². The molecule has 2 atom stereocenters. The van der Waals surface area contributed by atoms with E-state index in [-0.39, 0.29) is 5.38 Å². The zero-order chi connectivity index (χ0) is 13.8. The van der Waals surface area contributed by atoms with Crippen LogP contribution in [-0.2, 0) is 6.54 Å². The molecule has 106 valence electrons. The standard InChI is InChI=1S/C15H21BrClNO/c1-18(14-6-4-3-5-13(14)17)10-11-9-12(16)7-8-15(11)19-2/h7-9,13-14H,3-6,10H2,1-2H3. The smallest absolute Gasteiger partial charge is 0.123 e. The molecule has 0 N–H and O–H groups in total. The largest absolute Gasteiger partial charge is 0.496 e. The Morgan fingerprint density at radius 2 is 2.11 bits per heavy atom. The van der Waals surface area contributed by atoms with Crippen molar-refractivity contribution in [1.29, 1.82) is 0 Å². The molecule has 2 nitrogen and oxygen atoms in total. The van der Waals surface area contributed by atoms with Crippen molar-refractivity contribution in [2.75, 3.05) is 14.2 Å². The van der Waals surface area contributed by atoms with Crippen LogP contribution in [0.2, 0.25) is 0 Å². The van der Waals surface area contributed by atoms with Crippen molar-refractivity contribution in [2.45, 2.75) is 43.6 Å². The third-order valence-corrected chi connectivity index (χ3v) is 4.88. The van der Waals surface area contributed by atoms with Gasteiger partial charge in [-0.05, 0) is 38.1 Å². The van der Waals surface area contributed by atoms with E-state index in [0.29, 0.717) is 6.04 Å². The van der Waals surface area contributed by atoms with Crippen molar-refractivity contribution < 1.29 is 4.74 Å². The molecule has 1 aromatic rings. The molecular weight excluding hydrogens is 326 g/mol. The predicted molar refractivity (Wildman–Crippen MR) is 84.1 cm³/mol. The van der Waals surface area contributed by atoms with Crippen molar-refractivity contribution in [2.24, 2.45) is 0 Å². The Morgan fingerprint density at radius 1 is 1.37 bits per heavy atom. The summed E-state index contributed by atoms with van der Waals surface area (Å²) in [6.45, 7) is 0.872. The highest BCUT2D eigenvalue weighted by Crippen LogP contribution is 2.30. The Hall–Kier alpha value is -0.250. The monoisotopic (exact) mass is 345 g/mol. The van der Waals surface area contributed by atoms with Crippen LogP contribution in [0, 0.1) is 0 Å². The number of rotatable bonds is 4. The minimum absolute atomic E-state index is 0.275. The van der Waals surface area contributed by atoms with E-state index in [1.54, 1.807) is 7.11 Å². The Bertz CT molecular complexity index is 427. The lowest BCUT2D eigenvalue weighted by molar-refractivity contribution is 0.186. The predicted octanol–water partition coefficient (Wildman–Crippen LogP) is 4.44. The van der Waals surface area contributed by atoms with Crippen LogP contribution in [0.1, 0.15) is 31.2 Å². The van der Waals surface area contributed by atoms with Crippen molar-refractivity contribution in [3.8, 4) is 5.75 Å². The molecule has 0 bridgehead atoms. The first-order valence-corrected chi connectivity index (χ1v) is 8.01. The maximum atomic E-state index is 6.47. The number of benzene rings is 1. The van der Waals surface area contributed by atoms with Crippen molar-refractivity contribution in [1.82, 2.24) is 4.90 Å². The number of hydrogen-bond donors (Lipinski definition) is 0. The second-order valence-electron chi connectivity index (χ2n) is 5.24. The van der Waals surface area contributed by atoms with Crippen LogP contribution in [0.3, 0.4) is 0 Å². The molecule has 0 aliphatic heterocycles. The van der Waals surface area contributed by atoms with Crippen LogP contribution in [0.4, 0.5) is 0 Å². The summed E-state index contributed by atoms with van der Waals surface area (Å²) >= 11 is 9.99. The Morgan fingerprint density at radius 3 is 2.79 bits per heavy atom. The van der Waals surface area contributed by atoms with E-state index in [2.05, 4.69) is 33.9 Å². The molecule has 0 heterocycles. The maximum Gasteiger partial charge on any atom is 0.123 e. The summed E-state index contributed by atoms with van der Waals surface area (Å²) in [5, 5.41) is 0.275. The topological polar surface area (TPSA) is 12.5 Å². The van der Waals surface area contributed by atoms with Crippen LogP contribution in [0.25, 0.3) is 0 Å². The summed E-state index contributed by atoms with van der Waals surface area (Å²) in [6.07, 6.45) is 4.87. The zero-order valence-corrected chi connectivity index (χ0v) is 13.9. The molecule has 1 aromatic carbocycles. The Kier molecular flexibility index (Phi) is 5.55. The van der Waals surface area contributed by atoms with E-state index in [4.69, 9.17) is 16.3 Å². The molecule has 1 aliphatic rings. The third kappa shape index (κ3) is 3.87. The molecule has 0 radical (unpaired) electrons. The summed E-state index contributed by atoms with van der Waals surface area (Å²) in [4.78, 5) is 2.36. The summed E-state index contributed by atoms with van der Waals surface area (Å²) in [7, 11) is 3.88. The van der Waals surface area contributed by atoms with E-state index in [1.165, 1.54) is 24.8 Å². The molecule has 19 heavy (non-hydrogen) atoms. The van der Waals surface area contributed by atoms with E-state index in [0.717, 1.165) is 23.2 Å². The van der Waals surface area contributed by atoms with Gasteiger partial charge in [0.15, 0.2) is 0 Å². The van der Waals surface area contributed by atoms with Crippen molar-refractivity contribution in [3.05, 3.63) is 28.2 Å². The van der Waals surface area contributed by atoms with Gasteiger partial charge in [-0.2, -0.15) is 0 Å². The van der Waals surface area contributed by atoms with Gasteiger partial charge in [-0.15, -0.1) is 11.6 Å². The fraction of sp³-hybridized carbons (Fsp3) is 0.600. The lowest BCUT2D eigenvalue weighted by Crippen LogP contribution is -2.40. The number of halogens is 2. The molecule has 0 aromatic heterocycles. The van der Waals surface area contributed by atoms with Gasteiger partial charge in [0.25, 0.3) is 0 Å². The van der Waals surface area contributed by atoms with Gasteiger partial charge in [0.2, 0.25) is 0 Å². The van der Waals surface area contributed by atoms with Crippen LogP contribution in [0.5, 0.6) is 5.75 Å². The second kappa shape index (κ2) is 6.96. The lowest BCUT2D eigenvalue weighted by atomic mass is 9.93. The van der Waals surface area contributed by atoms with E-state index in [9.17, 15) is 0 Å². The van der Waals surface area contributed by atoms with Crippen molar-refractivity contribution in [3.63, 3.8) is 0 Å². The number of hydrogen-bond acceptors (Lipinski definition) is 2. The average molecular weight is 347 g/mol. The molecule has 0 saturated heterocycles. The van der Waals surface area contributed by atoms with Gasteiger partial charge in [0.05, 0.1) is 7.11 Å². The maximum absolute atomic E-state index is 6.47. The minimum atomic E-state index is 0.275. The fourth-order valence-corrected chi connectivity index (χ4v) is 3.70. The highest BCUT2D eigenvalue weighted by Gasteiger charge is 2.27. The lowest BCUT2D eigenvalue weighted by Gasteiger charge is -2.35. The van der Waals surface area contributed by atoms with Crippen molar-refractivity contribution >= 4 is 27.5 Å². The van der Waals surface area contributed by atoms with Crippen LogP contribution >= 0.6 is 27.5 Å². The first kappa shape index (κ1) is 15.1. The van der Waals surface area contributed by atoms with Gasteiger partial charge in [0, 0.05) is 28.0 Å². The molecule has 2 rings (SSSR count). The molecule has 4 heteroatoms. The summed E-state index contributed by atoms with van der Waals surface area (Å²) in [5.41, 5.74) is 1.20. The zero-order valence-electron chi connectivity index (χ0n) is 11.5. The van der Waals surface area contributed by atoms with Crippen LogP contribution in [0.15, 0.2) is 22.7 Å². The summed E-state index contributed by atoms with van der Waals surface area (Å²) in [5.74, 6) is 0.942. The first-order chi connectivity index (χ1) is 9.11. The Balaban J connectivity index is 2.09. The number of nitrogens with zero attached hydrogens (tertiary/aromatic N) is 1. The molecule has 0 amide bonds. The molecule has 2 unspecified atom stereocenters. The number of methoxy groups -OCH3 is 1. The average Bonchev–Trinajstić information content (AvgIpc) is 2.39. The second-order valence-corrected chi connectivity index (χ2v) is 6.72.